The molecule has 0 spiro atoms. The molecule has 27 heavy (non-hydrogen) atoms. The molecule has 1 aromatic carbocycles. The fourth-order valence-corrected chi connectivity index (χ4v) is 4.22. The SMILES string of the molecule is CNC1CCc2c(c3ccc(Nc4ccc5c(c4)OCCO5)nc3n2C)C1. The largest absolute Gasteiger partial charge is 0.486 e. The van der Waals surface area contributed by atoms with Crippen LogP contribution in [0.4, 0.5) is 11.5 Å². The van der Waals surface area contributed by atoms with Gasteiger partial charge < -0.3 is 24.7 Å². The maximum Gasteiger partial charge on any atom is 0.163 e. The second-order valence-corrected chi connectivity index (χ2v) is 7.26. The van der Waals surface area contributed by atoms with E-state index < -0.39 is 0 Å². The monoisotopic (exact) mass is 364 g/mol. The summed E-state index contributed by atoms with van der Waals surface area (Å²) < 4.78 is 13.5. The van der Waals surface area contributed by atoms with Crippen molar-refractivity contribution in [3.05, 3.63) is 41.6 Å². The highest BCUT2D eigenvalue weighted by Crippen LogP contribution is 2.35. The molecule has 2 N–H and O–H groups in total. The van der Waals surface area contributed by atoms with Crippen LogP contribution in [0.2, 0.25) is 0 Å². The minimum atomic E-state index is 0.554. The molecule has 2 aliphatic rings. The van der Waals surface area contributed by atoms with Crippen molar-refractivity contribution in [3.63, 3.8) is 0 Å². The Morgan fingerprint density at radius 2 is 1.96 bits per heavy atom. The van der Waals surface area contributed by atoms with Gasteiger partial charge in [0, 0.05) is 35.9 Å². The van der Waals surface area contributed by atoms with Crippen molar-refractivity contribution in [1.29, 1.82) is 0 Å². The van der Waals surface area contributed by atoms with Crippen molar-refractivity contribution in [2.75, 3.05) is 25.6 Å². The number of nitrogens with zero attached hydrogens (tertiary/aromatic N) is 2. The molecule has 1 unspecified atom stereocenters. The Morgan fingerprint density at radius 1 is 1.11 bits per heavy atom. The van der Waals surface area contributed by atoms with Gasteiger partial charge in [0.05, 0.1) is 0 Å². The molecule has 140 valence electrons. The van der Waals surface area contributed by atoms with Crippen LogP contribution in [0.25, 0.3) is 11.0 Å². The Kier molecular flexibility index (Phi) is 3.93. The number of aryl methyl sites for hydroxylation is 1. The maximum absolute atomic E-state index is 5.67. The molecular weight excluding hydrogens is 340 g/mol. The van der Waals surface area contributed by atoms with Crippen molar-refractivity contribution in [2.45, 2.75) is 25.3 Å². The van der Waals surface area contributed by atoms with Gasteiger partial charge in [0.15, 0.2) is 11.5 Å². The highest BCUT2D eigenvalue weighted by atomic mass is 16.6. The van der Waals surface area contributed by atoms with E-state index in [1.54, 1.807) is 0 Å². The molecule has 3 aromatic rings. The summed E-state index contributed by atoms with van der Waals surface area (Å²) in [6.07, 6.45) is 3.34. The predicted octanol–water partition coefficient (Wildman–Crippen LogP) is 3.16. The third-order valence-electron chi connectivity index (χ3n) is 5.67. The predicted molar refractivity (Wildman–Crippen MR) is 106 cm³/mol. The molecule has 0 bridgehead atoms. The van der Waals surface area contributed by atoms with Gasteiger partial charge >= 0.3 is 0 Å². The van der Waals surface area contributed by atoms with Gasteiger partial charge in [-0.3, -0.25) is 0 Å². The summed E-state index contributed by atoms with van der Waals surface area (Å²) in [7, 11) is 4.18. The Hall–Kier alpha value is -2.73. The van der Waals surface area contributed by atoms with E-state index in [-0.39, 0.29) is 0 Å². The first-order chi connectivity index (χ1) is 13.2. The molecule has 3 heterocycles. The lowest BCUT2D eigenvalue weighted by molar-refractivity contribution is 0.171. The van der Waals surface area contributed by atoms with E-state index >= 15 is 0 Å². The molecule has 0 saturated carbocycles. The second kappa shape index (κ2) is 6.46. The zero-order valence-electron chi connectivity index (χ0n) is 15.7. The number of fused-ring (bicyclic) bond motifs is 4. The van der Waals surface area contributed by atoms with Gasteiger partial charge in [-0.05, 0) is 56.1 Å². The first-order valence-electron chi connectivity index (χ1n) is 9.54. The van der Waals surface area contributed by atoms with Gasteiger partial charge in [0.1, 0.15) is 24.7 Å². The summed E-state index contributed by atoms with van der Waals surface area (Å²) in [6, 6.07) is 10.7. The number of hydrogen-bond acceptors (Lipinski definition) is 5. The Morgan fingerprint density at radius 3 is 2.81 bits per heavy atom. The first-order valence-corrected chi connectivity index (χ1v) is 9.54. The Bertz CT molecular complexity index is 1010. The minimum Gasteiger partial charge on any atom is -0.486 e. The molecule has 1 atom stereocenters. The van der Waals surface area contributed by atoms with E-state index in [9.17, 15) is 0 Å². The maximum atomic E-state index is 5.67. The van der Waals surface area contributed by atoms with Gasteiger partial charge in [0.25, 0.3) is 0 Å². The number of ether oxygens (including phenoxy) is 2. The van der Waals surface area contributed by atoms with Gasteiger partial charge in [-0.15, -0.1) is 0 Å². The number of pyridine rings is 1. The molecule has 5 rings (SSSR count). The molecule has 6 nitrogen and oxygen atoms in total. The normalized spacial score (nSPS) is 18.4. The summed E-state index contributed by atoms with van der Waals surface area (Å²) in [4.78, 5) is 4.90. The molecular formula is C21H24N4O2. The van der Waals surface area contributed by atoms with E-state index in [0.29, 0.717) is 19.3 Å². The van der Waals surface area contributed by atoms with Crippen molar-refractivity contribution in [3.8, 4) is 11.5 Å². The number of rotatable bonds is 3. The number of nitrogens with one attached hydrogen (secondary N) is 2. The van der Waals surface area contributed by atoms with Crippen LogP contribution >= 0.6 is 0 Å². The third kappa shape index (κ3) is 2.80. The summed E-state index contributed by atoms with van der Waals surface area (Å²) >= 11 is 0. The lowest BCUT2D eigenvalue weighted by atomic mass is 9.92. The molecule has 1 aliphatic carbocycles. The number of anilines is 2. The van der Waals surface area contributed by atoms with Crippen LogP contribution < -0.4 is 20.1 Å². The van der Waals surface area contributed by atoms with Crippen molar-refractivity contribution < 1.29 is 9.47 Å². The van der Waals surface area contributed by atoms with Crippen molar-refractivity contribution >= 4 is 22.5 Å². The zero-order valence-corrected chi connectivity index (χ0v) is 15.7. The standard InChI is InChI=1S/C21H24N4O2/c1-22-13-3-6-17-16(11-13)15-5-8-20(24-21(15)25(17)2)23-14-4-7-18-19(12-14)27-10-9-26-18/h4-5,7-8,12-13,22H,3,6,9-11H2,1-2H3,(H,23,24). The van der Waals surface area contributed by atoms with E-state index in [0.717, 1.165) is 41.5 Å². The van der Waals surface area contributed by atoms with Gasteiger partial charge in [0.2, 0.25) is 0 Å². The van der Waals surface area contributed by atoms with E-state index in [2.05, 4.69) is 41.4 Å². The number of hydrogen-bond donors (Lipinski definition) is 2. The highest BCUT2D eigenvalue weighted by molar-refractivity contribution is 5.84. The van der Waals surface area contributed by atoms with Crippen molar-refractivity contribution in [2.24, 2.45) is 7.05 Å². The minimum absolute atomic E-state index is 0.554. The smallest absolute Gasteiger partial charge is 0.163 e. The van der Waals surface area contributed by atoms with E-state index in [1.165, 1.54) is 23.1 Å². The zero-order chi connectivity index (χ0) is 18.4. The average Bonchev–Trinajstić information content (AvgIpc) is 2.99. The molecule has 6 heteroatoms. The highest BCUT2D eigenvalue weighted by Gasteiger charge is 2.24. The quantitative estimate of drug-likeness (QED) is 0.748. The number of aromatic nitrogens is 2. The number of likely N-dealkylation sites (N-methyl/N-ethyl adjacent to an activating group) is 1. The lowest BCUT2D eigenvalue weighted by Crippen LogP contribution is -2.31. The Balaban J connectivity index is 1.48. The summed E-state index contributed by atoms with van der Waals surface area (Å²) in [5.74, 6) is 2.41. The molecule has 0 amide bonds. The van der Waals surface area contributed by atoms with Crippen LogP contribution in [0.1, 0.15) is 17.7 Å². The number of benzene rings is 1. The van der Waals surface area contributed by atoms with Crippen LogP contribution in [0, 0.1) is 0 Å². The van der Waals surface area contributed by atoms with Crippen LogP contribution in [0.5, 0.6) is 11.5 Å². The molecule has 2 aromatic heterocycles. The van der Waals surface area contributed by atoms with E-state index in [4.69, 9.17) is 14.5 Å². The lowest BCUT2D eigenvalue weighted by Gasteiger charge is -2.22. The third-order valence-corrected chi connectivity index (χ3v) is 5.67. The average molecular weight is 364 g/mol. The van der Waals surface area contributed by atoms with Crippen LogP contribution in [0.15, 0.2) is 30.3 Å². The van der Waals surface area contributed by atoms with Gasteiger partial charge in [-0.1, -0.05) is 0 Å². The fraction of sp³-hybridized carbons (Fsp3) is 0.381. The fourth-order valence-electron chi connectivity index (χ4n) is 4.22. The summed E-state index contributed by atoms with van der Waals surface area (Å²) in [5.41, 5.74) is 4.84. The molecule has 1 aliphatic heterocycles. The molecule has 0 radical (unpaired) electrons. The van der Waals surface area contributed by atoms with Crippen LogP contribution in [-0.4, -0.2) is 35.9 Å². The van der Waals surface area contributed by atoms with Gasteiger partial charge in [-0.25, -0.2) is 4.98 Å². The summed E-state index contributed by atoms with van der Waals surface area (Å²) in [6.45, 7) is 1.19. The topological polar surface area (TPSA) is 60.3 Å². The van der Waals surface area contributed by atoms with Crippen molar-refractivity contribution in [1.82, 2.24) is 14.9 Å². The molecule has 0 saturated heterocycles. The summed E-state index contributed by atoms with van der Waals surface area (Å²) in [5, 5.41) is 8.09. The second-order valence-electron chi connectivity index (χ2n) is 7.26. The molecule has 0 fully saturated rings. The Labute approximate surface area is 158 Å². The van der Waals surface area contributed by atoms with E-state index in [1.807, 2.05) is 18.2 Å². The first kappa shape index (κ1) is 16.4. The van der Waals surface area contributed by atoms with Crippen LogP contribution in [0.3, 0.4) is 0 Å². The van der Waals surface area contributed by atoms with Gasteiger partial charge in [-0.2, -0.15) is 0 Å². The van der Waals surface area contributed by atoms with Crippen LogP contribution in [-0.2, 0) is 19.9 Å².